The van der Waals surface area contributed by atoms with E-state index in [2.05, 4.69) is 4.72 Å². The van der Waals surface area contributed by atoms with Crippen LogP contribution in [0.1, 0.15) is 17.3 Å². The molecule has 25 heavy (non-hydrogen) atoms. The molecule has 0 spiro atoms. The van der Waals surface area contributed by atoms with Crippen LogP contribution in [0.15, 0.2) is 53.4 Å². The van der Waals surface area contributed by atoms with Crippen molar-refractivity contribution in [3.63, 3.8) is 0 Å². The number of hydrogen-bond acceptors (Lipinski definition) is 5. The van der Waals surface area contributed by atoms with Crippen LogP contribution >= 0.6 is 11.6 Å². The highest BCUT2D eigenvalue weighted by Crippen LogP contribution is 2.19. The Morgan fingerprint density at radius 1 is 1.04 bits per heavy atom. The number of esters is 1. The summed E-state index contributed by atoms with van der Waals surface area (Å²) in [5.41, 5.74) is 0.659. The summed E-state index contributed by atoms with van der Waals surface area (Å²) in [4.78, 5) is 11.9. The first kappa shape index (κ1) is 19.2. The Hall–Kier alpha value is -2.09. The number of nitrogens with one attached hydrogen (secondary N) is 1. The van der Waals surface area contributed by atoms with Crippen LogP contribution in [0.3, 0.4) is 0 Å². The predicted octanol–water partition coefficient (Wildman–Crippen LogP) is 3.33. The smallest absolute Gasteiger partial charge is 0.338 e. The first-order valence-corrected chi connectivity index (χ1v) is 9.42. The predicted molar refractivity (Wildman–Crippen MR) is 95.5 cm³/mol. The maximum absolute atomic E-state index is 12.3. The van der Waals surface area contributed by atoms with E-state index in [1.54, 1.807) is 0 Å². The molecule has 134 valence electrons. The molecule has 6 nitrogen and oxygen atoms in total. The molecule has 2 aromatic rings. The third-order valence-corrected chi connectivity index (χ3v) is 4.81. The maximum atomic E-state index is 12.3. The first-order chi connectivity index (χ1) is 11.9. The van der Waals surface area contributed by atoms with E-state index in [0.717, 1.165) is 0 Å². The molecule has 0 saturated carbocycles. The Kier molecular flexibility index (Phi) is 6.81. The van der Waals surface area contributed by atoms with E-state index in [0.29, 0.717) is 29.5 Å². The average molecular weight is 384 g/mol. The molecule has 0 radical (unpaired) electrons. The highest BCUT2D eigenvalue weighted by Gasteiger charge is 2.14. The molecule has 2 rings (SSSR count). The molecule has 0 aliphatic rings. The second-order valence-corrected chi connectivity index (χ2v) is 7.09. The van der Waals surface area contributed by atoms with Crippen LogP contribution in [0.2, 0.25) is 5.02 Å². The number of carbonyl (C=O) groups excluding carboxylic acids is 1. The quantitative estimate of drug-likeness (QED) is 0.558. The summed E-state index contributed by atoms with van der Waals surface area (Å²) in [6, 6.07) is 11.8. The van der Waals surface area contributed by atoms with Crippen molar-refractivity contribution in [1.82, 2.24) is 0 Å². The van der Waals surface area contributed by atoms with E-state index >= 15 is 0 Å². The largest absolute Gasteiger partial charge is 0.460 e. The minimum atomic E-state index is -3.73. The lowest BCUT2D eigenvalue weighted by Crippen LogP contribution is -2.13. The molecule has 0 aliphatic carbocycles. The summed E-state index contributed by atoms with van der Waals surface area (Å²) in [5, 5.41) is 0.450. The molecular weight excluding hydrogens is 366 g/mol. The van der Waals surface area contributed by atoms with Crippen molar-refractivity contribution < 1.29 is 22.7 Å². The fourth-order valence-electron chi connectivity index (χ4n) is 1.92. The number of carbonyl (C=O) groups is 1. The number of rotatable bonds is 8. The van der Waals surface area contributed by atoms with Crippen LogP contribution in [0.4, 0.5) is 5.69 Å². The van der Waals surface area contributed by atoms with E-state index in [1.165, 1.54) is 48.5 Å². The Labute approximate surface area is 151 Å². The molecule has 8 heteroatoms. The third-order valence-electron chi connectivity index (χ3n) is 3.16. The normalized spacial score (nSPS) is 11.1. The van der Waals surface area contributed by atoms with Gasteiger partial charge in [-0.2, -0.15) is 0 Å². The minimum Gasteiger partial charge on any atom is -0.460 e. The number of sulfonamides is 1. The molecule has 0 amide bonds. The maximum Gasteiger partial charge on any atom is 0.338 e. The molecule has 0 atom stereocenters. The topological polar surface area (TPSA) is 81.7 Å². The number of benzene rings is 2. The molecular formula is C17H18ClNO5S. The Morgan fingerprint density at radius 2 is 1.68 bits per heavy atom. The van der Waals surface area contributed by atoms with Crippen molar-refractivity contribution in [2.45, 2.75) is 11.8 Å². The van der Waals surface area contributed by atoms with Gasteiger partial charge >= 0.3 is 5.97 Å². The zero-order valence-electron chi connectivity index (χ0n) is 13.6. The molecule has 2 aromatic carbocycles. The summed E-state index contributed by atoms with van der Waals surface area (Å²) >= 11 is 5.76. The molecule has 0 aromatic heterocycles. The molecule has 0 heterocycles. The monoisotopic (exact) mass is 383 g/mol. The van der Waals surface area contributed by atoms with Gasteiger partial charge in [-0.1, -0.05) is 11.6 Å². The van der Waals surface area contributed by atoms with Gasteiger partial charge in [-0.15, -0.1) is 0 Å². The molecule has 1 N–H and O–H groups in total. The van der Waals surface area contributed by atoms with E-state index < -0.39 is 16.0 Å². The van der Waals surface area contributed by atoms with Gasteiger partial charge in [0.2, 0.25) is 0 Å². The van der Waals surface area contributed by atoms with Gasteiger partial charge in [-0.25, -0.2) is 13.2 Å². The summed E-state index contributed by atoms with van der Waals surface area (Å²) in [5.74, 6) is -0.494. The Morgan fingerprint density at radius 3 is 2.28 bits per heavy atom. The van der Waals surface area contributed by atoms with Gasteiger partial charge in [0.05, 0.1) is 17.1 Å². The van der Waals surface area contributed by atoms with Crippen molar-refractivity contribution >= 4 is 33.3 Å². The molecule has 0 unspecified atom stereocenters. The lowest BCUT2D eigenvalue weighted by molar-refractivity contribution is 0.0335. The van der Waals surface area contributed by atoms with Gasteiger partial charge in [0.25, 0.3) is 10.0 Å². The Balaban J connectivity index is 2.00. The highest BCUT2D eigenvalue weighted by molar-refractivity contribution is 7.92. The van der Waals surface area contributed by atoms with Crippen LogP contribution < -0.4 is 4.72 Å². The number of halogens is 1. The zero-order chi connectivity index (χ0) is 18.3. The average Bonchev–Trinajstić information content (AvgIpc) is 2.59. The van der Waals surface area contributed by atoms with Crippen LogP contribution in [-0.4, -0.2) is 34.2 Å². The van der Waals surface area contributed by atoms with E-state index in [1.807, 2.05) is 6.92 Å². The lowest BCUT2D eigenvalue weighted by Gasteiger charge is -2.09. The van der Waals surface area contributed by atoms with Crippen molar-refractivity contribution in [3.8, 4) is 0 Å². The Bertz CT molecular complexity index is 804. The van der Waals surface area contributed by atoms with Gasteiger partial charge in [-0.05, 0) is 55.5 Å². The lowest BCUT2D eigenvalue weighted by atomic mass is 10.2. The van der Waals surface area contributed by atoms with Crippen molar-refractivity contribution in [3.05, 3.63) is 59.1 Å². The van der Waals surface area contributed by atoms with Gasteiger partial charge in [-0.3, -0.25) is 4.72 Å². The van der Waals surface area contributed by atoms with Crippen LogP contribution in [0.25, 0.3) is 0 Å². The van der Waals surface area contributed by atoms with Crippen molar-refractivity contribution in [2.75, 3.05) is 24.5 Å². The van der Waals surface area contributed by atoms with Gasteiger partial charge < -0.3 is 9.47 Å². The fraction of sp³-hybridized carbons (Fsp3) is 0.235. The molecule has 0 bridgehead atoms. The standard InChI is InChI=1S/C17H18ClNO5S/c1-2-23-11-12-24-17(20)13-3-7-15(8-4-13)19-25(21,22)16-9-5-14(18)6-10-16/h3-10,19H,2,11-12H2,1H3. The SMILES string of the molecule is CCOCCOC(=O)c1ccc(NS(=O)(=O)c2ccc(Cl)cc2)cc1. The summed E-state index contributed by atoms with van der Waals surface area (Å²) < 4.78 is 37.1. The molecule has 0 fully saturated rings. The minimum absolute atomic E-state index is 0.0938. The number of anilines is 1. The molecule has 0 saturated heterocycles. The second-order valence-electron chi connectivity index (χ2n) is 4.97. The second kappa shape index (κ2) is 8.84. The third kappa shape index (κ3) is 5.74. The van der Waals surface area contributed by atoms with Crippen LogP contribution in [0.5, 0.6) is 0 Å². The van der Waals surface area contributed by atoms with Gasteiger partial charge in [0.15, 0.2) is 0 Å². The summed E-state index contributed by atoms with van der Waals surface area (Å²) in [6.07, 6.45) is 0. The number of hydrogen-bond donors (Lipinski definition) is 1. The van der Waals surface area contributed by atoms with E-state index in [4.69, 9.17) is 21.1 Å². The first-order valence-electron chi connectivity index (χ1n) is 7.55. The summed E-state index contributed by atoms with van der Waals surface area (Å²) in [6.45, 7) is 2.91. The summed E-state index contributed by atoms with van der Waals surface area (Å²) in [7, 11) is -3.73. The zero-order valence-corrected chi connectivity index (χ0v) is 15.1. The van der Waals surface area contributed by atoms with E-state index in [-0.39, 0.29) is 11.5 Å². The van der Waals surface area contributed by atoms with Crippen LogP contribution in [0, 0.1) is 0 Å². The van der Waals surface area contributed by atoms with Crippen molar-refractivity contribution in [2.24, 2.45) is 0 Å². The van der Waals surface area contributed by atoms with Gasteiger partial charge in [0, 0.05) is 17.3 Å². The number of ether oxygens (including phenoxy) is 2. The van der Waals surface area contributed by atoms with E-state index in [9.17, 15) is 13.2 Å². The van der Waals surface area contributed by atoms with Crippen molar-refractivity contribution in [1.29, 1.82) is 0 Å². The highest BCUT2D eigenvalue weighted by atomic mass is 35.5. The molecule has 0 aliphatic heterocycles. The fourth-order valence-corrected chi connectivity index (χ4v) is 3.11. The van der Waals surface area contributed by atoms with Crippen LogP contribution in [-0.2, 0) is 19.5 Å². The van der Waals surface area contributed by atoms with Gasteiger partial charge in [0.1, 0.15) is 6.61 Å².